The van der Waals surface area contributed by atoms with E-state index in [9.17, 15) is 4.79 Å². The second kappa shape index (κ2) is 5.20. The second-order valence-corrected chi connectivity index (χ2v) is 3.12. The van der Waals surface area contributed by atoms with Crippen molar-refractivity contribution in [2.45, 2.75) is 20.3 Å². The van der Waals surface area contributed by atoms with E-state index in [4.69, 9.17) is 9.84 Å². The highest BCUT2D eigenvalue weighted by Gasteiger charge is 2.09. The van der Waals surface area contributed by atoms with Gasteiger partial charge in [-0.15, -0.1) is 0 Å². The third kappa shape index (κ3) is 3.13. The fraction of sp³-hybridized carbons (Fsp3) is 0.250. The SMILES string of the molecule is CCC(Oc1ccccc1)=C(C)C(=O)O. The molecule has 3 nitrogen and oxygen atoms in total. The smallest absolute Gasteiger partial charge is 0.334 e. The Balaban J connectivity index is 2.88. The van der Waals surface area contributed by atoms with Gasteiger partial charge in [0.25, 0.3) is 0 Å². The van der Waals surface area contributed by atoms with Crippen LogP contribution in [0.25, 0.3) is 0 Å². The van der Waals surface area contributed by atoms with E-state index in [0.29, 0.717) is 17.9 Å². The lowest BCUT2D eigenvalue weighted by Crippen LogP contribution is -2.05. The number of allylic oxidation sites excluding steroid dienone is 1. The van der Waals surface area contributed by atoms with E-state index in [0.717, 1.165) is 0 Å². The predicted molar refractivity (Wildman–Crippen MR) is 57.7 cm³/mol. The van der Waals surface area contributed by atoms with Crippen LogP contribution in [0.4, 0.5) is 0 Å². The molecule has 1 rings (SSSR count). The molecule has 1 N–H and O–H groups in total. The second-order valence-electron chi connectivity index (χ2n) is 3.12. The minimum Gasteiger partial charge on any atom is -0.478 e. The Kier molecular flexibility index (Phi) is 3.92. The number of carboxylic acid groups (broad SMARTS) is 1. The standard InChI is InChI=1S/C12H14O3/c1-3-11(9(2)12(13)14)15-10-7-5-4-6-8-10/h4-8H,3H2,1-2H3,(H,13,14). The molecule has 0 heterocycles. The van der Waals surface area contributed by atoms with Gasteiger partial charge < -0.3 is 9.84 Å². The summed E-state index contributed by atoms with van der Waals surface area (Å²) < 4.78 is 5.49. The number of carboxylic acids is 1. The van der Waals surface area contributed by atoms with Crippen molar-refractivity contribution >= 4 is 5.97 Å². The minimum atomic E-state index is -0.942. The normalized spacial score (nSPS) is 11.9. The summed E-state index contributed by atoms with van der Waals surface area (Å²) in [5.74, 6) is 0.214. The molecule has 0 amide bonds. The molecule has 0 aliphatic carbocycles. The van der Waals surface area contributed by atoms with Gasteiger partial charge in [0.1, 0.15) is 11.5 Å². The van der Waals surface area contributed by atoms with Crippen LogP contribution >= 0.6 is 0 Å². The summed E-state index contributed by atoms with van der Waals surface area (Å²) in [7, 11) is 0. The van der Waals surface area contributed by atoms with Crippen molar-refractivity contribution in [1.29, 1.82) is 0 Å². The zero-order valence-electron chi connectivity index (χ0n) is 8.86. The zero-order chi connectivity index (χ0) is 11.3. The number of benzene rings is 1. The third-order valence-electron chi connectivity index (χ3n) is 2.04. The van der Waals surface area contributed by atoms with Gasteiger partial charge in [0.15, 0.2) is 0 Å². The van der Waals surface area contributed by atoms with Crippen molar-refractivity contribution in [2.24, 2.45) is 0 Å². The van der Waals surface area contributed by atoms with Gasteiger partial charge in [-0.1, -0.05) is 25.1 Å². The predicted octanol–water partition coefficient (Wildman–Crippen LogP) is 2.83. The van der Waals surface area contributed by atoms with Gasteiger partial charge in [0.05, 0.1) is 5.57 Å². The van der Waals surface area contributed by atoms with Crippen molar-refractivity contribution < 1.29 is 14.6 Å². The van der Waals surface area contributed by atoms with E-state index in [1.165, 1.54) is 0 Å². The average molecular weight is 206 g/mol. The van der Waals surface area contributed by atoms with Gasteiger partial charge >= 0.3 is 5.97 Å². The van der Waals surface area contributed by atoms with Crippen LogP contribution < -0.4 is 4.74 Å². The van der Waals surface area contributed by atoms with E-state index in [2.05, 4.69) is 0 Å². The first-order valence-corrected chi connectivity index (χ1v) is 4.81. The monoisotopic (exact) mass is 206 g/mol. The van der Waals surface area contributed by atoms with Crippen molar-refractivity contribution in [2.75, 3.05) is 0 Å². The Morgan fingerprint density at radius 1 is 1.33 bits per heavy atom. The molecular formula is C12H14O3. The molecule has 0 bridgehead atoms. The molecule has 0 aromatic heterocycles. The number of hydrogen-bond donors (Lipinski definition) is 1. The minimum absolute atomic E-state index is 0.251. The van der Waals surface area contributed by atoms with Crippen LogP contribution in [-0.4, -0.2) is 11.1 Å². The lowest BCUT2D eigenvalue weighted by Gasteiger charge is -2.09. The number of rotatable bonds is 4. The largest absolute Gasteiger partial charge is 0.478 e. The maximum absolute atomic E-state index is 10.8. The third-order valence-corrected chi connectivity index (χ3v) is 2.04. The van der Waals surface area contributed by atoms with Gasteiger partial charge in [0, 0.05) is 6.42 Å². The van der Waals surface area contributed by atoms with Gasteiger partial charge in [-0.25, -0.2) is 4.79 Å². The van der Waals surface area contributed by atoms with Crippen molar-refractivity contribution in [1.82, 2.24) is 0 Å². The van der Waals surface area contributed by atoms with Crippen LogP contribution in [0, 0.1) is 0 Å². The number of carbonyl (C=O) groups is 1. The molecule has 3 heteroatoms. The number of ether oxygens (including phenoxy) is 1. The van der Waals surface area contributed by atoms with Crippen molar-refractivity contribution in [3.8, 4) is 5.75 Å². The van der Waals surface area contributed by atoms with E-state index in [-0.39, 0.29) is 5.57 Å². The first kappa shape index (κ1) is 11.3. The van der Waals surface area contributed by atoms with Gasteiger partial charge in [-0.2, -0.15) is 0 Å². The van der Waals surface area contributed by atoms with Crippen LogP contribution in [0.5, 0.6) is 5.75 Å². The summed E-state index contributed by atoms with van der Waals surface area (Å²) in [5.41, 5.74) is 0.251. The lowest BCUT2D eigenvalue weighted by atomic mass is 10.2. The maximum atomic E-state index is 10.8. The Labute approximate surface area is 89.0 Å². The zero-order valence-corrected chi connectivity index (χ0v) is 8.86. The van der Waals surface area contributed by atoms with Crippen molar-refractivity contribution in [3.63, 3.8) is 0 Å². The molecule has 0 fully saturated rings. The highest BCUT2D eigenvalue weighted by molar-refractivity contribution is 5.86. The summed E-state index contributed by atoms with van der Waals surface area (Å²) in [6, 6.07) is 9.17. The molecule has 0 radical (unpaired) electrons. The average Bonchev–Trinajstić information content (AvgIpc) is 2.26. The summed E-state index contributed by atoms with van der Waals surface area (Å²) in [6.45, 7) is 3.41. The van der Waals surface area contributed by atoms with E-state index in [1.807, 2.05) is 25.1 Å². The number of aliphatic carboxylic acids is 1. The van der Waals surface area contributed by atoms with Gasteiger partial charge in [-0.3, -0.25) is 0 Å². The molecule has 0 atom stereocenters. The molecular weight excluding hydrogens is 192 g/mol. The number of para-hydroxylation sites is 1. The van der Waals surface area contributed by atoms with E-state index in [1.54, 1.807) is 19.1 Å². The summed E-state index contributed by atoms with van der Waals surface area (Å²) in [4.78, 5) is 10.8. The molecule has 0 aliphatic rings. The fourth-order valence-corrected chi connectivity index (χ4v) is 1.16. The summed E-state index contributed by atoms with van der Waals surface area (Å²) in [6.07, 6.45) is 0.563. The molecule has 0 spiro atoms. The quantitative estimate of drug-likeness (QED) is 0.608. The molecule has 0 aliphatic heterocycles. The molecule has 0 saturated heterocycles. The van der Waals surface area contributed by atoms with E-state index >= 15 is 0 Å². The fourth-order valence-electron chi connectivity index (χ4n) is 1.16. The Hall–Kier alpha value is -1.77. The lowest BCUT2D eigenvalue weighted by molar-refractivity contribution is -0.132. The molecule has 1 aromatic rings. The molecule has 0 saturated carbocycles. The van der Waals surface area contributed by atoms with Crippen LogP contribution in [-0.2, 0) is 4.79 Å². The molecule has 0 unspecified atom stereocenters. The van der Waals surface area contributed by atoms with Crippen molar-refractivity contribution in [3.05, 3.63) is 41.7 Å². The highest BCUT2D eigenvalue weighted by atomic mass is 16.5. The van der Waals surface area contributed by atoms with E-state index < -0.39 is 5.97 Å². The van der Waals surface area contributed by atoms with Crippen LogP contribution in [0.1, 0.15) is 20.3 Å². The summed E-state index contributed by atoms with van der Waals surface area (Å²) in [5, 5.41) is 8.82. The first-order chi connectivity index (χ1) is 7.15. The summed E-state index contributed by atoms with van der Waals surface area (Å²) >= 11 is 0. The first-order valence-electron chi connectivity index (χ1n) is 4.81. The van der Waals surface area contributed by atoms with Gasteiger partial charge in [-0.05, 0) is 19.1 Å². The van der Waals surface area contributed by atoms with Crippen LogP contribution in [0.15, 0.2) is 41.7 Å². The van der Waals surface area contributed by atoms with Crippen LogP contribution in [0.2, 0.25) is 0 Å². The Morgan fingerprint density at radius 3 is 2.40 bits per heavy atom. The Morgan fingerprint density at radius 2 is 1.93 bits per heavy atom. The molecule has 15 heavy (non-hydrogen) atoms. The number of hydrogen-bond acceptors (Lipinski definition) is 2. The highest BCUT2D eigenvalue weighted by Crippen LogP contribution is 2.17. The maximum Gasteiger partial charge on any atom is 0.334 e. The molecule has 1 aromatic carbocycles. The topological polar surface area (TPSA) is 46.5 Å². The van der Waals surface area contributed by atoms with Crippen LogP contribution in [0.3, 0.4) is 0 Å². The molecule has 80 valence electrons. The van der Waals surface area contributed by atoms with Gasteiger partial charge in [0.2, 0.25) is 0 Å². The Bertz CT molecular complexity index is 366.